The highest BCUT2D eigenvalue weighted by atomic mass is 35.5. The van der Waals surface area contributed by atoms with Crippen molar-refractivity contribution in [3.63, 3.8) is 0 Å². The lowest BCUT2D eigenvalue weighted by atomic mass is 10.0. The molecule has 13 heteroatoms. The number of hydrogen-bond acceptors (Lipinski definition) is 6. The first-order valence-corrected chi connectivity index (χ1v) is 10.6. The Morgan fingerprint density at radius 2 is 1.74 bits per heavy atom. The van der Waals surface area contributed by atoms with Crippen molar-refractivity contribution in [2.75, 3.05) is 36.0 Å². The lowest BCUT2D eigenvalue weighted by Crippen LogP contribution is -2.48. The predicted octanol–water partition coefficient (Wildman–Crippen LogP) is 3.65. The molecule has 0 amide bonds. The molecule has 1 aliphatic rings. The number of halogens is 5. The van der Waals surface area contributed by atoms with Crippen LogP contribution in [0.1, 0.15) is 22.8 Å². The average Bonchev–Trinajstić information content (AvgIpc) is 2.79. The largest absolute Gasteiger partial charge is 0.477 e. The van der Waals surface area contributed by atoms with Crippen molar-refractivity contribution in [1.82, 2.24) is 14.5 Å². The Hall–Kier alpha value is -3.41. The molecule has 1 fully saturated rings. The molecule has 0 unspecified atom stereocenters. The first-order valence-electron chi connectivity index (χ1n) is 10.2. The summed E-state index contributed by atoms with van der Waals surface area (Å²) in [7, 11) is 0. The molecule has 8 nitrogen and oxygen atoms in total. The number of benzene rings is 1. The van der Waals surface area contributed by atoms with Gasteiger partial charge in [-0.2, -0.15) is 13.2 Å². The Kier molecular flexibility index (Phi) is 6.11. The summed E-state index contributed by atoms with van der Waals surface area (Å²) in [6, 6.07) is 0.690. The van der Waals surface area contributed by atoms with Gasteiger partial charge in [0.2, 0.25) is 11.4 Å². The summed E-state index contributed by atoms with van der Waals surface area (Å²) in [5.41, 5.74) is -4.44. The molecule has 1 aliphatic heterocycles. The highest BCUT2D eigenvalue weighted by molar-refractivity contribution is 6.30. The molecule has 1 saturated heterocycles. The van der Waals surface area contributed by atoms with Crippen LogP contribution in [0.25, 0.3) is 10.9 Å². The normalized spacial score (nSPS) is 14.6. The predicted molar refractivity (Wildman–Crippen MR) is 117 cm³/mol. The van der Waals surface area contributed by atoms with E-state index in [2.05, 4.69) is 9.97 Å². The fourth-order valence-corrected chi connectivity index (χ4v) is 4.20. The number of alkyl halides is 3. The second-order valence-electron chi connectivity index (χ2n) is 7.61. The molecule has 3 aromatic rings. The standard InChI is InChI=1S/C21H18ClF4N5O3/c1-2-29-10-13(19(33)34)18(32)12-7-14(23)17(15(16(12)29)21(24,25)26)30-3-5-31(6-4-30)20-27-8-11(22)9-28-20/h7-10H,2-6H2,1H3,(H,33,34). The molecule has 0 atom stereocenters. The zero-order valence-corrected chi connectivity index (χ0v) is 18.5. The Morgan fingerprint density at radius 3 is 2.26 bits per heavy atom. The zero-order chi connectivity index (χ0) is 24.8. The van der Waals surface area contributed by atoms with Crippen LogP contribution in [0.4, 0.5) is 29.2 Å². The number of rotatable bonds is 4. The first-order chi connectivity index (χ1) is 16.0. The first kappa shape index (κ1) is 23.7. The van der Waals surface area contributed by atoms with Gasteiger partial charge in [0.1, 0.15) is 16.9 Å². The van der Waals surface area contributed by atoms with Crippen LogP contribution in [0.3, 0.4) is 0 Å². The fraction of sp³-hybridized carbons (Fsp3) is 0.333. The molecule has 0 radical (unpaired) electrons. The maximum absolute atomic E-state index is 15.2. The molecule has 0 spiro atoms. The topological polar surface area (TPSA) is 91.6 Å². The summed E-state index contributed by atoms with van der Waals surface area (Å²) < 4.78 is 59.2. The Morgan fingerprint density at radius 1 is 1.15 bits per heavy atom. The van der Waals surface area contributed by atoms with Crippen molar-refractivity contribution in [2.45, 2.75) is 19.6 Å². The van der Waals surface area contributed by atoms with E-state index in [-0.39, 0.29) is 32.7 Å². The molecular formula is C21H18ClF4N5O3. The quantitative estimate of drug-likeness (QED) is 0.548. The number of nitrogens with zero attached hydrogens (tertiary/aromatic N) is 5. The summed E-state index contributed by atoms with van der Waals surface area (Å²) >= 11 is 5.79. The van der Waals surface area contributed by atoms with Gasteiger partial charge in [-0.25, -0.2) is 19.2 Å². The van der Waals surface area contributed by atoms with E-state index in [1.165, 1.54) is 24.2 Å². The summed E-state index contributed by atoms with van der Waals surface area (Å²) in [6.07, 6.45) is -1.35. The third kappa shape index (κ3) is 4.13. The number of carbonyl (C=O) groups is 1. The Labute approximate surface area is 195 Å². The van der Waals surface area contributed by atoms with Gasteiger partial charge in [0.05, 0.1) is 34.0 Å². The van der Waals surface area contributed by atoms with E-state index >= 15 is 4.39 Å². The number of hydrogen-bond donors (Lipinski definition) is 1. The van der Waals surface area contributed by atoms with E-state index in [4.69, 9.17) is 11.6 Å². The molecule has 4 rings (SSSR count). The van der Waals surface area contributed by atoms with Crippen molar-refractivity contribution < 1.29 is 27.5 Å². The van der Waals surface area contributed by atoms with Crippen molar-refractivity contribution in [1.29, 1.82) is 0 Å². The lowest BCUT2D eigenvalue weighted by molar-refractivity contribution is -0.136. The summed E-state index contributed by atoms with van der Waals surface area (Å²) in [6.45, 7) is 1.93. The van der Waals surface area contributed by atoms with Gasteiger partial charge in [0.15, 0.2) is 0 Å². The highest BCUT2D eigenvalue weighted by Crippen LogP contribution is 2.43. The number of anilines is 2. The molecule has 180 valence electrons. The fourth-order valence-electron chi connectivity index (χ4n) is 4.10. The molecule has 0 saturated carbocycles. The van der Waals surface area contributed by atoms with Gasteiger partial charge in [0, 0.05) is 38.9 Å². The number of carboxylic acid groups (broad SMARTS) is 1. The second kappa shape index (κ2) is 8.75. The van der Waals surface area contributed by atoms with Crippen LogP contribution in [-0.2, 0) is 12.7 Å². The maximum Gasteiger partial charge on any atom is 0.420 e. The molecule has 34 heavy (non-hydrogen) atoms. The molecule has 1 aromatic carbocycles. The van der Waals surface area contributed by atoms with E-state index in [0.29, 0.717) is 17.0 Å². The molecule has 0 bridgehead atoms. The number of aromatic nitrogens is 3. The minimum atomic E-state index is -5.01. The van der Waals surface area contributed by atoms with Crippen LogP contribution in [0.2, 0.25) is 5.02 Å². The minimum Gasteiger partial charge on any atom is -0.477 e. The third-order valence-electron chi connectivity index (χ3n) is 5.63. The third-order valence-corrected chi connectivity index (χ3v) is 5.82. The summed E-state index contributed by atoms with van der Waals surface area (Å²) in [5.74, 6) is -2.51. The van der Waals surface area contributed by atoms with Gasteiger partial charge in [-0.15, -0.1) is 0 Å². The van der Waals surface area contributed by atoms with Crippen LogP contribution < -0.4 is 15.2 Å². The number of aromatic carboxylic acids is 1. The summed E-state index contributed by atoms with van der Waals surface area (Å²) in [4.78, 5) is 35.2. The molecule has 1 N–H and O–H groups in total. The number of piperazine rings is 1. The van der Waals surface area contributed by atoms with E-state index in [1.54, 1.807) is 4.90 Å². The number of carboxylic acids is 1. The van der Waals surface area contributed by atoms with Gasteiger partial charge in [-0.3, -0.25) is 4.79 Å². The lowest BCUT2D eigenvalue weighted by Gasteiger charge is -2.37. The van der Waals surface area contributed by atoms with E-state index in [1.807, 2.05) is 0 Å². The van der Waals surface area contributed by atoms with Crippen molar-refractivity contribution >= 4 is 40.1 Å². The maximum atomic E-state index is 15.2. The van der Waals surface area contributed by atoms with Crippen LogP contribution in [0.15, 0.2) is 29.5 Å². The Bertz CT molecular complexity index is 1320. The zero-order valence-electron chi connectivity index (χ0n) is 17.7. The van der Waals surface area contributed by atoms with Crippen LogP contribution in [-0.4, -0.2) is 51.8 Å². The van der Waals surface area contributed by atoms with Crippen LogP contribution in [0.5, 0.6) is 0 Å². The minimum absolute atomic E-state index is 0.0288. The summed E-state index contributed by atoms with van der Waals surface area (Å²) in [5, 5.41) is 8.98. The monoisotopic (exact) mass is 499 g/mol. The van der Waals surface area contributed by atoms with Crippen molar-refractivity contribution in [3.05, 3.63) is 56.8 Å². The average molecular weight is 500 g/mol. The second-order valence-corrected chi connectivity index (χ2v) is 8.05. The van der Waals surface area contributed by atoms with Crippen LogP contribution >= 0.6 is 11.6 Å². The van der Waals surface area contributed by atoms with E-state index < -0.39 is 51.1 Å². The van der Waals surface area contributed by atoms with E-state index in [9.17, 15) is 27.9 Å². The SMILES string of the molecule is CCn1cc(C(=O)O)c(=O)c2cc(F)c(N3CCN(c4ncc(Cl)cn4)CC3)c(C(F)(F)F)c21. The molecule has 3 heterocycles. The van der Waals surface area contributed by atoms with Gasteiger partial charge < -0.3 is 19.5 Å². The number of pyridine rings is 1. The van der Waals surface area contributed by atoms with Gasteiger partial charge in [-0.05, 0) is 13.0 Å². The van der Waals surface area contributed by atoms with Gasteiger partial charge >= 0.3 is 12.1 Å². The number of aryl methyl sites for hydroxylation is 1. The van der Waals surface area contributed by atoms with Crippen LogP contribution in [0, 0.1) is 5.82 Å². The molecule has 2 aromatic heterocycles. The number of fused-ring (bicyclic) bond motifs is 1. The van der Waals surface area contributed by atoms with Crippen molar-refractivity contribution in [2.24, 2.45) is 0 Å². The van der Waals surface area contributed by atoms with Gasteiger partial charge in [-0.1, -0.05) is 11.6 Å². The highest BCUT2D eigenvalue weighted by Gasteiger charge is 2.41. The Balaban J connectivity index is 1.84. The van der Waals surface area contributed by atoms with Gasteiger partial charge in [0.25, 0.3) is 0 Å². The molecule has 0 aliphatic carbocycles. The smallest absolute Gasteiger partial charge is 0.420 e. The van der Waals surface area contributed by atoms with E-state index in [0.717, 1.165) is 10.8 Å². The molecular weight excluding hydrogens is 482 g/mol. The van der Waals surface area contributed by atoms with Crippen molar-refractivity contribution in [3.8, 4) is 0 Å².